The number of carbonyl (C=O) groups is 1. The van der Waals surface area contributed by atoms with Gasteiger partial charge in [0.05, 0.1) is 31.6 Å². The fourth-order valence-electron chi connectivity index (χ4n) is 3.20. The van der Waals surface area contributed by atoms with Crippen molar-refractivity contribution in [2.24, 2.45) is 0 Å². The third-order valence-corrected chi connectivity index (χ3v) is 4.73. The summed E-state index contributed by atoms with van der Waals surface area (Å²) in [6.07, 6.45) is 8.80. The number of benzene rings is 2. The Morgan fingerprint density at radius 3 is 2.62 bits per heavy atom. The van der Waals surface area contributed by atoms with Crippen molar-refractivity contribution < 1.29 is 14.3 Å². The quantitative estimate of drug-likeness (QED) is 0.350. The summed E-state index contributed by atoms with van der Waals surface area (Å²) in [5.41, 5.74) is 4.01. The molecule has 0 unspecified atom stereocenters. The third-order valence-electron chi connectivity index (χ3n) is 4.73. The molecule has 29 heavy (non-hydrogen) atoms. The van der Waals surface area contributed by atoms with E-state index in [1.165, 1.54) is 6.08 Å². The number of fused-ring (bicyclic) bond motifs is 1. The van der Waals surface area contributed by atoms with E-state index in [1.54, 1.807) is 32.6 Å². The largest absolute Gasteiger partial charge is 0.497 e. The van der Waals surface area contributed by atoms with Crippen LogP contribution in [0.15, 0.2) is 79.3 Å². The number of aromatic nitrogens is 2. The van der Waals surface area contributed by atoms with Crippen LogP contribution in [-0.4, -0.2) is 29.4 Å². The molecule has 0 amide bonds. The van der Waals surface area contributed by atoms with Gasteiger partial charge in [0.2, 0.25) is 0 Å². The van der Waals surface area contributed by atoms with Crippen LogP contribution in [0, 0.1) is 0 Å². The monoisotopic (exact) mass is 384 g/mol. The van der Waals surface area contributed by atoms with Crippen LogP contribution < -0.4 is 9.47 Å². The van der Waals surface area contributed by atoms with Crippen LogP contribution in [-0.2, 0) is 0 Å². The van der Waals surface area contributed by atoms with E-state index < -0.39 is 0 Å². The van der Waals surface area contributed by atoms with E-state index in [2.05, 4.69) is 4.98 Å². The zero-order valence-electron chi connectivity index (χ0n) is 16.2. The Morgan fingerprint density at radius 1 is 1.03 bits per heavy atom. The van der Waals surface area contributed by atoms with Gasteiger partial charge in [-0.2, -0.15) is 0 Å². The normalized spacial score (nSPS) is 11.1. The lowest BCUT2D eigenvalue weighted by Gasteiger charge is -2.07. The van der Waals surface area contributed by atoms with E-state index in [-0.39, 0.29) is 5.78 Å². The second-order valence-electron chi connectivity index (χ2n) is 6.47. The Kier molecular flexibility index (Phi) is 5.12. The van der Waals surface area contributed by atoms with Crippen LogP contribution in [0.3, 0.4) is 0 Å². The predicted molar refractivity (Wildman–Crippen MR) is 114 cm³/mol. The number of methoxy groups -OCH3 is 2. The second-order valence-corrected chi connectivity index (χ2v) is 6.47. The fourth-order valence-corrected chi connectivity index (χ4v) is 3.20. The lowest BCUT2D eigenvalue weighted by atomic mass is 10.1. The van der Waals surface area contributed by atoms with E-state index >= 15 is 0 Å². The molecule has 144 valence electrons. The van der Waals surface area contributed by atoms with Crippen molar-refractivity contribution in [3.63, 3.8) is 0 Å². The maximum atomic E-state index is 12.8. The van der Waals surface area contributed by atoms with Crippen LogP contribution in [0.5, 0.6) is 11.5 Å². The highest BCUT2D eigenvalue weighted by Gasteiger charge is 2.11. The Morgan fingerprint density at radius 2 is 1.86 bits per heavy atom. The summed E-state index contributed by atoms with van der Waals surface area (Å²) < 4.78 is 12.5. The van der Waals surface area contributed by atoms with Gasteiger partial charge in [-0.3, -0.25) is 9.78 Å². The van der Waals surface area contributed by atoms with Crippen molar-refractivity contribution >= 4 is 17.4 Å². The summed E-state index contributed by atoms with van der Waals surface area (Å²) in [6, 6.07) is 17.2. The number of ketones is 1. The van der Waals surface area contributed by atoms with Gasteiger partial charge in [0.1, 0.15) is 11.5 Å². The first-order valence-electron chi connectivity index (χ1n) is 9.16. The minimum Gasteiger partial charge on any atom is -0.497 e. The molecular formula is C24H20N2O3. The molecule has 0 radical (unpaired) electrons. The van der Waals surface area contributed by atoms with Gasteiger partial charge in [0, 0.05) is 29.1 Å². The molecule has 0 aliphatic carbocycles. The first-order chi connectivity index (χ1) is 14.2. The molecule has 0 bridgehead atoms. The number of rotatable bonds is 6. The summed E-state index contributed by atoms with van der Waals surface area (Å²) in [4.78, 5) is 17.3. The highest BCUT2D eigenvalue weighted by molar-refractivity contribution is 6.11. The lowest BCUT2D eigenvalue weighted by Crippen LogP contribution is -1.96. The maximum Gasteiger partial charge on any atom is 0.188 e. The van der Waals surface area contributed by atoms with Crippen molar-refractivity contribution in [1.29, 1.82) is 0 Å². The van der Waals surface area contributed by atoms with Crippen molar-refractivity contribution in [2.75, 3.05) is 14.2 Å². The van der Waals surface area contributed by atoms with Crippen molar-refractivity contribution in [2.45, 2.75) is 0 Å². The summed E-state index contributed by atoms with van der Waals surface area (Å²) in [7, 11) is 3.20. The Hall–Kier alpha value is -3.86. The molecule has 0 aliphatic heterocycles. The first-order valence-corrected chi connectivity index (χ1v) is 9.16. The van der Waals surface area contributed by atoms with E-state index in [0.717, 1.165) is 22.3 Å². The molecule has 0 saturated heterocycles. The van der Waals surface area contributed by atoms with Crippen molar-refractivity contribution in [3.05, 3.63) is 90.4 Å². The Bertz CT molecular complexity index is 1190. The van der Waals surface area contributed by atoms with Gasteiger partial charge < -0.3 is 13.9 Å². The van der Waals surface area contributed by atoms with Crippen molar-refractivity contribution in [1.82, 2.24) is 9.38 Å². The van der Waals surface area contributed by atoms with Gasteiger partial charge in [0.25, 0.3) is 0 Å². The molecular weight excluding hydrogens is 364 g/mol. The molecule has 2 aromatic heterocycles. The molecule has 4 aromatic rings. The molecule has 0 atom stereocenters. The Balaban J connectivity index is 1.63. The van der Waals surface area contributed by atoms with Gasteiger partial charge in [-0.15, -0.1) is 0 Å². The average Bonchev–Trinajstić information content (AvgIpc) is 3.21. The van der Waals surface area contributed by atoms with E-state index in [9.17, 15) is 4.79 Å². The molecule has 0 saturated carbocycles. The first kappa shape index (κ1) is 18.5. The van der Waals surface area contributed by atoms with Gasteiger partial charge in [-0.05, 0) is 36.4 Å². The molecule has 2 heterocycles. The number of carbonyl (C=O) groups excluding carboxylic acids is 1. The number of hydrogen-bond acceptors (Lipinski definition) is 4. The topological polar surface area (TPSA) is 52.8 Å². The van der Waals surface area contributed by atoms with Crippen LogP contribution in [0.4, 0.5) is 0 Å². The van der Waals surface area contributed by atoms with Gasteiger partial charge >= 0.3 is 0 Å². The van der Waals surface area contributed by atoms with Crippen LogP contribution in [0.25, 0.3) is 22.9 Å². The molecule has 2 aromatic carbocycles. The standard InChI is InChI=1S/C24H20N2O3/c1-28-19-9-11-24(29-2)18(14-19)8-10-23(27)20-12-13-26-16-21(25-15-22(20)26)17-6-4-3-5-7-17/h3-16H,1-2H3/b10-8+. The van der Waals surface area contributed by atoms with E-state index in [1.807, 2.05) is 65.3 Å². The number of nitrogens with zero attached hydrogens (tertiary/aromatic N) is 2. The smallest absolute Gasteiger partial charge is 0.188 e. The number of hydrogen-bond donors (Lipinski definition) is 0. The summed E-state index contributed by atoms with van der Waals surface area (Å²) >= 11 is 0. The maximum absolute atomic E-state index is 12.8. The molecule has 5 nitrogen and oxygen atoms in total. The van der Waals surface area contributed by atoms with Gasteiger partial charge in [0.15, 0.2) is 5.78 Å². The van der Waals surface area contributed by atoms with Crippen molar-refractivity contribution in [3.8, 4) is 22.8 Å². The highest BCUT2D eigenvalue weighted by Crippen LogP contribution is 2.26. The molecule has 4 rings (SSSR count). The average molecular weight is 384 g/mol. The van der Waals surface area contributed by atoms with E-state index in [0.29, 0.717) is 17.1 Å². The molecule has 5 heteroatoms. The number of allylic oxidation sites excluding steroid dienone is 1. The summed E-state index contributed by atoms with van der Waals surface area (Å²) in [5.74, 6) is 1.27. The Labute approximate surface area is 168 Å². The third kappa shape index (κ3) is 3.75. The molecule has 0 fully saturated rings. The minimum absolute atomic E-state index is 0.105. The van der Waals surface area contributed by atoms with Crippen LogP contribution in [0.2, 0.25) is 0 Å². The fraction of sp³-hybridized carbons (Fsp3) is 0.0833. The molecule has 0 aliphatic rings. The minimum atomic E-state index is -0.105. The summed E-state index contributed by atoms with van der Waals surface area (Å²) in [5, 5.41) is 0. The number of ether oxygens (including phenoxy) is 2. The predicted octanol–water partition coefficient (Wildman–Crippen LogP) is 4.91. The zero-order chi connectivity index (χ0) is 20.2. The lowest BCUT2D eigenvalue weighted by molar-refractivity contribution is 0.104. The van der Waals surface area contributed by atoms with Crippen LogP contribution in [0.1, 0.15) is 15.9 Å². The van der Waals surface area contributed by atoms with E-state index in [4.69, 9.17) is 9.47 Å². The second kappa shape index (κ2) is 8.02. The SMILES string of the molecule is COc1ccc(OC)c(/C=C/C(=O)c2ccn3cc(-c4ccccc4)ncc23)c1. The van der Waals surface area contributed by atoms with Gasteiger partial charge in [-0.1, -0.05) is 30.3 Å². The highest BCUT2D eigenvalue weighted by atomic mass is 16.5. The van der Waals surface area contributed by atoms with Crippen LogP contribution >= 0.6 is 0 Å². The zero-order valence-corrected chi connectivity index (χ0v) is 16.2. The van der Waals surface area contributed by atoms with Gasteiger partial charge in [-0.25, -0.2) is 0 Å². The molecule has 0 spiro atoms. The molecule has 0 N–H and O–H groups in total. The summed E-state index contributed by atoms with van der Waals surface area (Å²) in [6.45, 7) is 0.